The fraction of sp³-hybridized carbons (Fsp3) is 0.393. The van der Waals surface area contributed by atoms with Gasteiger partial charge in [0.25, 0.3) is 0 Å². The minimum atomic E-state index is -4.51. The maximum Gasteiger partial charge on any atom is 0.405 e. The minimum Gasteiger partial charge on any atom is -0.333 e. The van der Waals surface area contributed by atoms with E-state index >= 15 is 4.39 Å². The van der Waals surface area contributed by atoms with Crippen LogP contribution in [-0.4, -0.2) is 65.9 Å². The number of halogens is 4. The van der Waals surface area contributed by atoms with E-state index in [2.05, 4.69) is 0 Å². The molecule has 0 N–H and O–H groups in total. The average Bonchev–Trinajstić information content (AvgIpc) is 3.39. The molecule has 5 nitrogen and oxygen atoms in total. The van der Waals surface area contributed by atoms with Crippen molar-refractivity contribution >= 4 is 28.5 Å². The van der Waals surface area contributed by atoms with Crippen molar-refractivity contribution in [3.8, 4) is 6.07 Å². The number of allylic oxidation sites excluding steroid dienone is 1. The molecule has 0 bridgehead atoms. The predicted molar refractivity (Wildman–Crippen MR) is 139 cm³/mol. The second-order valence-corrected chi connectivity index (χ2v) is 10.8. The quantitative estimate of drug-likeness (QED) is 0.278. The highest BCUT2D eigenvalue weighted by atomic mass is 32.1. The summed E-state index contributed by atoms with van der Waals surface area (Å²) < 4.78 is 59.9. The molecular formula is C28H29F4N4OS+. The fourth-order valence-corrected chi connectivity index (χ4v) is 6.28. The number of likely N-dealkylation sites (N-methyl/N-ethyl adjacent to an activating group) is 1. The molecule has 1 aromatic carbocycles. The lowest BCUT2D eigenvalue weighted by molar-refractivity contribution is -0.451. The number of hydrogen-bond donors (Lipinski definition) is 0. The molecule has 3 heterocycles. The Kier molecular flexibility index (Phi) is 7.90. The van der Waals surface area contributed by atoms with Crippen LogP contribution in [0.3, 0.4) is 0 Å². The third kappa shape index (κ3) is 5.18. The fourth-order valence-electron chi connectivity index (χ4n) is 5.22. The van der Waals surface area contributed by atoms with E-state index in [1.165, 1.54) is 19.2 Å². The van der Waals surface area contributed by atoms with Crippen LogP contribution in [0.25, 0.3) is 5.57 Å². The summed E-state index contributed by atoms with van der Waals surface area (Å²) in [5.74, 6) is -3.46. The summed E-state index contributed by atoms with van der Waals surface area (Å²) in [5, 5.41) is 9.49. The number of amides is 1. The number of rotatable bonds is 6. The van der Waals surface area contributed by atoms with Gasteiger partial charge < -0.3 is 9.80 Å². The van der Waals surface area contributed by atoms with Crippen LogP contribution in [0.1, 0.15) is 46.2 Å². The third-order valence-electron chi connectivity index (χ3n) is 6.98. The molecule has 2 unspecified atom stereocenters. The van der Waals surface area contributed by atoms with Crippen molar-refractivity contribution in [2.45, 2.75) is 32.5 Å². The Labute approximate surface area is 223 Å². The Morgan fingerprint density at radius 1 is 1.32 bits per heavy atom. The normalized spacial score (nSPS) is 19.8. The smallest absolute Gasteiger partial charge is 0.333 e. The molecule has 0 aliphatic carbocycles. The summed E-state index contributed by atoms with van der Waals surface area (Å²) in [4.78, 5) is 17.0. The molecule has 0 fully saturated rings. The number of carbonyl (C=O) groups excluding carboxylic acids is 1. The number of hydrogen-bond acceptors (Lipinski definition) is 4. The van der Waals surface area contributed by atoms with Gasteiger partial charge in [0.1, 0.15) is 17.5 Å². The summed E-state index contributed by atoms with van der Waals surface area (Å²) in [5.41, 5.74) is 1.43. The maximum atomic E-state index is 15.5. The molecule has 4 rings (SSSR count). The SMILES string of the molecule is CC[N+]1=C(C)C(C(F)(F)F)C(c2ccccc2C2CN(C(=O)/C=C/CN(C)C)Cc3sc(C#N)c(F)c32)=C1. The first-order chi connectivity index (χ1) is 18.0. The topological polar surface area (TPSA) is 50.4 Å². The lowest BCUT2D eigenvalue weighted by Gasteiger charge is -2.34. The van der Waals surface area contributed by atoms with Crippen LogP contribution in [-0.2, 0) is 11.3 Å². The molecule has 1 aromatic heterocycles. The zero-order valence-electron chi connectivity index (χ0n) is 21.6. The summed E-state index contributed by atoms with van der Waals surface area (Å²) in [7, 11) is 3.75. The highest BCUT2D eigenvalue weighted by Gasteiger charge is 2.52. The zero-order valence-corrected chi connectivity index (χ0v) is 22.5. The van der Waals surface area contributed by atoms with Crippen LogP contribution in [0.15, 0.2) is 42.6 Å². The number of nitriles is 1. The molecule has 38 heavy (non-hydrogen) atoms. The number of nitrogens with zero attached hydrogens (tertiary/aromatic N) is 4. The first-order valence-electron chi connectivity index (χ1n) is 12.3. The maximum absolute atomic E-state index is 15.5. The van der Waals surface area contributed by atoms with Crippen LogP contribution in [0, 0.1) is 23.1 Å². The molecule has 200 valence electrons. The van der Waals surface area contributed by atoms with Gasteiger partial charge >= 0.3 is 6.18 Å². The number of thiophene rings is 1. The summed E-state index contributed by atoms with van der Waals surface area (Å²) >= 11 is 0.988. The number of benzene rings is 1. The Morgan fingerprint density at radius 2 is 2.03 bits per heavy atom. The lowest BCUT2D eigenvalue weighted by atomic mass is 9.80. The van der Waals surface area contributed by atoms with E-state index in [-0.39, 0.29) is 40.7 Å². The average molecular weight is 546 g/mol. The van der Waals surface area contributed by atoms with Crippen LogP contribution < -0.4 is 0 Å². The Balaban J connectivity index is 1.83. The molecule has 0 radical (unpaired) electrons. The molecule has 0 spiro atoms. The minimum absolute atomic E-state index is 0.0812. The van der Waals surface area contributed by atoms with E-state index in [1.807, 2.05) is 25.1 Å². The molecule has 2 aliphatic rings. The zero-order chi connectivity index (χ0) is 27.8. The standard InChI is InChI=1S/C28H29F4N4OS/c1-5-35-15-21(26(17(35)2)28(30,31)32)19-10-7-6-9-18(19)20-14-36(24(37)11-8-12-34(3)4)16-23-25(20)27(29)22(13-33)38-23/h6-11,15,20,26H,5,12,14,16H2,1-4H3/q+1/b11-8+. The third-order valence-corrected chi connectivity index (χ3v) is 8.05. The van der Waals surface area contributed by atoms with E-state index in [0.29, 0.717) is 29.1 Å². The predicted octanol–water partition coefficient (Wildman–Crippen LogP) is 5.38. The summed E-state index contributed by atoms with van der Waals surface area (Å²) in [6, 6.07) is 8.57. The molecule has 0 saturated carbocycles. The molecular weight excluding hydrogens is 516 g/mol. The second-order valence-electron chi connectivity index (χ2n) is 9.70. The first kappa shape index (κ1) is 27.7. The van der Waals surface area contributed by atoms with Crippen LogP contribution in [0.5, 0.6) is 0 Å². The van der Waals surface area contributed by atoms with Crippen molar-refractivity contribution in [1.82, 2.24) is 9.80 Å². The summed E-state index contributed by atoms with van der Waals surface area (Å²) in [6.45, 7) is 4.41. The Hall–Kier alpha value is -3.29. The van der Waals surface area contributed by atoms with E-state index in [4.69, 9.17) is 0 Å². The van der Waals surface area contributed by atoms with Gasteiger partial charge in [0.05, 0.1) is 6.54 Å². The Morgan fingerprint density at radius 3 is 2.66 bits per heavy atom. The highest BCUT2D eigenvalue weighted by Crippen LogP contribution is 2.46. The van der Waals surface area contributed by atoms with E-state index < -0.39 is 23.8 Å². The van der Waals surface area contributed by atoms with Gasteiger partial charge in [-0.05, 0) is 32.1 Å². The molecule has 2 atom stereocenters. The monoisotopic (exact) mass is 545 g/mol. The van der Waals surface area contributed by atoms with Crippen LogP contribution >= 0.6 is 11.3 Å². The molecule has 2 aromatic rings. The van der Waals surface area contributed by atoms with Crippen molar-refractivity contribution < 1.29 is 26.9 Å². The van der Waals surface area contributed by atoms with Gasteiger partial charge in [0, 0.05) is 48.0 Å². The van der Waals surface area contributed by atoms with Gasteiger partial charge in [-0.15, -0.1) is 11.3 Å². The van der Waals surface area contributed by atoms with Crippen LogP contribution in [0.4, 0.5) is 17.6 Å². The Bertz CT molecular complexity index is 1380. The number of fused-ring (bicyclic) bond motifs is 1. The number of carbonyl (C=O) groups is 1. The van der Waals surface area contributed by atoms with Crippen molar-refractivity contribution in [3.05, 3.63) is 74.9 Å². The molecule has 10 heteroatoms. The van der Waals surface area contributed by atoms with Crippen LogP contribution in [0.2, 0.25) is 0 Å². The van der Waals surface area contributed by atoms with Crippen molar-refractivity contribution in [1.29, 1.82) is 5.26 Å². The van der Waals surface area contributed by atoms with E-state index in [0.717, 1.165) is 11.3 Å². The summed E-state index contributed by atoms with van der Waals surface area (Å²) in [6.07, 6.45) is 0.199. The molecule has 0 saturated heterocycles. The van der Waals surface area contributed by atoms with Crippen molar-refractivity contribution in [2.75, 3.05) is 33.7 Å². The van der Waals surface area contributed by atoms with Gasteiger partial charge in [0.15, 0.2) is 23.6 Å². The number of alkyl halides is 3. The van der Waals surface area contributed by atoms with E-state index in [1.54, 1.807) is 46.7 Å². The van der Waals surface area contributed by atoms with Gasteiger partial charge in [-0.1, -0.05) is 30.3 Å². The van der Waals surface area contributed by atoms with Gasteiger partial charge in [0.2, 0.25) is 5.91 Å². The second kappa shape index (κ2) is 10.8. The molecule has 1 amide bonds. The molecule has 2 aliphatic heterocycles. The van der Waals surface area contributed by atoms with Crippen molar-refractivity contribution in [3.63, 3.8) is 0 Å². The largest absolute Gasteiger partial charge is 0.405 e. The van der Waals surface area contributed by atoms with Gasteiger partial charge in [-0.3, -0.25) is 4.79 Å². The highest BCUT2D eigenvalue weighted by molar-refractivity contribution is 7.12. The first-order valence-corrected chi connectivity index (χ1v) is 13.1. The van der Waals surface area contributed by atoms with E-state index in [9.17, 15) is 23.2 Å². The lowest BCUT2D eigenvalue weighted by Crippen LogP contribution is -2.38. The van der Waals surface area contributed by atoms with Gasteiger partial charge in [-0.25, -0.2) is 8.97 Å². The van der Waals surface area contributed by atoms with Gasteiger partial charge in [-0.2, -0.15) is 18.4 Å². The van der Waals surface area contributed by atoms with Crippen molar-refractivity contribution in [2.24, 2.45) is 5.92 Å².